The Hall–Kier alpha value is -3.66. The van der Waals surface area contributed by atoms with E-state index in [1.807, 2.05) is 20.8 Å². The fourth-order valence-corrected chi connectivity index (χ4v) is 6.64. The highest BCUT2D eigenvalue weighted by atomic mass is 35.5. The quantitative estimate of drug-likeness (QED) is 0.262. The topological polar surface area (TPSA) is 117 Å². The van der Waals surface area contributed by atoms with E-state index in [2.05, 4.69) is 16.0 Å². The van der Waals surface area contributed by atoms with Gasteiger partial charge in [-0.25, -0.2) is 9.18 Å². The molecule has 0 bridgehead atoms. The summed E-state index contributed by atoms with van der Waals surface area (Å²) in [5.74, 6) is -3.73. The number of hydrogen-bond acceptors (Lipinski definition) is 5. The van der Waals surface area contributed by atoms with Crippen molar-refractivity contribution in [1.82, 2.24) is 5.32 Å². The number of nitrogens with one attached hydrogen (secondary N) is 3. The second-order valence-corrected chi connectivity index (χ2v) is 12.6. The van der Waals surface area contributed by atoms with Crippen molar-refractivity contribution in [2.24, 2.45) is 5.41 Å². The summed E-state index contributed by atoms with van der Waals surface area (Å²) in [4.78, 5) is 39.8. The molecule has 2 aliphatic rings. The summed E-state index contributed by atoms with van der Waals surface area (Å²) in [6, 6.07) is 11.9. The number of amides is 2. The third kappa shape index (κ3) is 4.99. The standard InChI is InChI=1S/C31H30Cl2FN3O5/c1-30(2,3)14-23-31(18-10-9-16(32)13-21(18)36-29(31)41)24(17-6-5-7-19(33)25(17)34)26(37-23)27(38)35-20-11-8-15(28(39)40)12-22(20)42-4/h5-13,23-24,26,37H,14H2,1-4H3,(H,35,38)(H,36,41)(H,39,40)/t23-,24?,26+,31+/m0/s1. The van der Waals surface area contributed by atoms with Crippen LogP contribution in [-0.4, -0.2) is 42.1 Å². The Bertz CT molecular complexity index is 1610. The van der Waals surface area contributed by atoms with Crippen LogP contribution >= 0.6 is 23.2 Å². The maximum absolute atomic E-state index is 15.9. The molecule has 11 heteroatoms. The van der Waals surface area contributed by atoms with Crippen LogP contribution in [0.4, 0.5) is 15.8 Å². The van der Waals surface area contributed by atoms with Gasteiger partial charge in [-0.15, -0.1) is 0 Å². The summed E-state index contributed by atoms with van der Waals surface area (Å²) in [5.41, 5.74) is -0.301. The van der Waals surface area contributed by atoms with E-state index in [0.29, 0.717) is 22.7 Å². The molecule has 0 aliphatic carbocycles. The van der Waals surface area contributed by atoms with Gasteiger partial charge in [-0.3, -0.25) is 9.59 Å². The van der Waals surface area contributed by atoms with Gasteiger partial charge in [-0.2, -0.15) is 0 Å². The van der Waals surface area contributed by atoms with Gasteiger partial charge in [0.05, 0.1) is 29.4 Å². The molecule has 42 heavy (non-hydrogen) atoms. The number of hydrogen-bond donors (Lipinski definition) is 4. The maximum atomic E-state index is 15.9. The van der Waals surface area contributed by atoms with Gasteiger partial charge in [0.1, 0.15) is 17.0 Å². The van der Waals surface area contributed by atoms with Crippen LogP contribution < -0.4 is 20.7 Å². The number of carbonyl (C=O) groups excluding carboxylic acids is 2. The largest absolute Gasteiger partial charge is 0.495 e. The van der Waals surface area contributed by atoms with Gasteiger partial charge in [0, 0.05) is 22.7 Å². The molecule has 4 atom stereocenters. The number of halogens is 3. The smallest absolute Gasteiger partial charge is 0.335 e. The SMILES string of the molecule is COc1cc(C(=O)O)ccc1NC(=O)[C@@H]1N[C@@H](CC(C)(C)C)[C@@]2(C(=O)Nc3cc(Cl)ccc32)C1c1cccc(Cl)c1F. The highest BCUT2D eigenvalue weighted by molar-refractivity contribution is 6.31. The number of aromatic carboxylic acids is 1. The van der Waals surface area contributed by atoms with Gasteiger partial charge < -0.3 is 25.8 Å². The highest BCUT2D eigenvalue weighted by Gasteiger charge is 2.66. The lowest BCUT2D eigenvalue weighted by Crippen LogP contribution is -2.49. The number of carboxylic acid groups (broad SMARTS) is 1. The molecule has 5 rings (SSSR count). The normalized spacial score (nSPS) is 23.0. The molecule has 2 aliphatic heterocycles. The molecule has 0 radical (unpaired) electrons. The number of benzene rings is 3. The zero-order valence-electron chi connectivity index (χ0n) is 23.3. The van der Waals surface area contributed by atoms with Crippen molar-refractivity contribution in [2.45, 2.75) is 50.6 Å². The Balaban J connectivity index is 1.70. The molecule has 1 unspecified atom stereocenters. The Morgan fingerprint density at radius 1 is 1.12 bits per heavy atom. The molecule has 0 saturated carbocycles. The summed E-state index contributed by atoms with van der Waals surface area (Å²) >= 11 is 12.5. The summed E-state index contributed by atoms with van der Waals surface area (Å²) in [6.45, 7) is 6.07. The number of ether oxygens (including phenoxy) is 1. The molecule has 1 fully saturated rings. The third-order valence-electron chi connectivity index (χ3n) is 7.93. The predicted molar refractivity (Wildman–Crippen MR) is 159 cm³/mol. The number of methoxy groups -OCH3 is 1. The van der Waals surface area contributed by atoms with E-state index in [1.54, 1.807) is 30.3 Å². The van der Waals surface area contributed by atoms with Crippen molar-refractivity contribution >= 4 is 52.4 Å². The van der Waals surface area contributed by atoms with Crippen molar-refractivity contribution < 1.29 is 28.6 Å². The minimum Gasteiger partial charge on any atom is -0.495 e. The van der Waals surface area contributed by atoms with Gasteiger partial charge in [0.2, 0.25) is 11.8 Å². The number of carbonyl (C=O) groups is 3. The van der Waals surface area contributed by atoms with E-state index in [-0.39, 0.29) is 38.9 Å². The van der Waals surface area contributed by atoms with E-state index < -0.39 is 41.1 Å². The Labute approximate surface area is 252 Å². The molecule has 0 aromatic heterocycles. The number of carboxylic acids is 1. The number of fused-ring (bicyclic) bond motifs is 2. The summed E-state index contributed by atoms with van der Waals surface area (Å²) in [7, 11) is 1.36. The molecular formula is C31H30Cl2FN3O5. The number of rotatable bonds is 6. The molecule has 4 N–H and O–H groups in total. The van der Waals surface area contributed by atoms with Crippen LogP contribution in [0.15, 0.2) is 54.6 Å². The Morgan fingerprint density at radius 2 is 1.86 bits per heavy atom. The second kappa shape index (κ2) is 10.9. The average molecular weight is 615 g/mol. The molecule has 220 valence electrons. The Kier molecular flexibility index (Phi) is 7.72. The molecule has 1 spiro atoms. The predicted octanol–water partition coefficient (Wildman–Crippen LogP) is 6.23. The van der Waals surface area contributed by atoms with Crippen LogP contribution in [0.3, 0.4) is 0 Å². The third-order valence-corrected chi connectivity index (χ3v) is 8.45. The van der Waals surface area contributed by atoms with Gasteiger partial charge in [-0.1, -0.05) is 62.2 Å². The first-order valence-electron chi connectivity index (χ1n) is 13.3. The molecule has 2 heterocycles. The minimum atomic E-state index is -1.40. The van der Waals surface area contributed by atoms with E-state index in [0.717, 1.165) is 0 Å². The number of anilines is 2. The van der Waals surface area contributed by atoms with Crippen LogP contribution in [0.5, 0.6) is 5.75 Å². The molecule has 3 aromatic rings. The summed E-state index contributed by atoms with van der Waals surface area (Å²) < 4.78 is 21.3. The van der Waals surface area contributed by atoms with Crippen molar-refractivity contribution in [3.05, 3.63) is 87.2 Å². The first kappa shape index (κ1) is 29.8. The highest BCUT2D eigenvalue weighted by Crippen LogP contribution is 2.57. The van der Waals surface area contributed by atoms with E-state index >= 15 is 4.39 Å². The van der Waals surface area contributed by atoms with Crippen LogP contribution in [0.1, 0.15) is 54.6 Å². The van der Waals surface area contributed by atoms with E-state index in [1.165, 1.54) is 31.4 Å². The average Bonchev–Trinajstić information content (AvgIpc) is 3.39. The second-order valence-electron chi connectivity index (χ2n) is 11.8. The first-order valence-corrected chi connectivity index (χ1v) is 14.1. The maximum Gasteiger partial charge on any atom is 0.335 e. The lowest BCUT2D eigenvalue weighted by Gasteiger charge is -2.37. The molecular weight excluding hydrogens is 584 g/mol. The van der Waals surface area contributed by atoms with Crippen LogP contribution in [0.2, 0.25) is 10.0 Å². The lowest BCUT2D eigenvalue weighted by atomic mass is 9.62. The van der Waals surface area contributed by atoms with Crippen LogP contribution in [0, 0.1) is 11.2 Å². The molecule has 1 saturated heterocycles. The van der Waals surface area contributed by atoms with Crippen molar-refractivity contribution in [3.63, 3.8) is 0 Å². The van der Waals surface area contributed by atoms with E-state index in [4.69, 9.17) is 27.9 Å². The van der Waals surface area contributed by atoms with Crippen molar-refractivity contribution in [3.8, 4) is 5.75 Å². The van der Waals surface area contributed by atoms with Crippen molar-refractivity contribution in [2.75, 3.05) is 17.7 Å². The van der Waals surface area contributed by atoms with Gasteiger partial charge in [-0.05, 0) is 59.4 Å². The summed E-state index contributed by atoms with van der Waals surface area (Å²) in [5, 5.41) is 18.8. The van der Waals surface area contributed by atoms with E-state index in [9.17, 15) is 19.5 Å². The molecule has 8 nitrogen and oxygen atoms in total. The van der Waals surface area contributed by atoms with Gasteiger partial charge >= 0.3 is 5.97 Å². The molecule has 2 amide bonds. The minimum absolute atomic E-state index is 0.0233. The summed E-state index contributed by atoms with van der Waals surface area (Å²) in [6.07, 6.45) is 0.460. The zero-order chi connectivity index (χ0) is 30.6. The fourth-order valence-electron chi connectivity index (χ4n) is 6.29. The first-order chi connectivity index (χ1) is 19.8. The van der Waals surface area contributed by atoms with Crippen LogP contribution in [0.25, 0.3) is 0 Å². The zero-order valence-corrected chi connectivity index (χ0v) is 24.9. The van der Waals surface area contributed by atoms with Crippen molar-refractivity contribution in [1.29, 1.82) is 0 Å². The van der Waals surface area contributed by atoms with Gasteiger partial charge in [0.15, 0.2) is 0 Å². The Morgan fingerprint density at radius 3 is 2.52 bits per heavy atom. The lowest BCUT2D eigenvalue weighted by molar-refractivity contribution is -0.122. The van der Waals surface area contributed by atoms with Gasteiger partial charge in [0.25, 0.3) is 0 Å². The fraction of sp³-hybridized carbons (Fsp3) is 0.323. The monoisotopic (exact) mass is 613 g/mol. The van der Waals surface area contributed by atoms with Crippen LogP contribution in [-0.2, 0) is 15.0 Å². The molecule has 3 aromatic carbocycles.